The quantitative estimate of drug-likeness (QED) is 0.715. The lowest BCUT2D eigenvalue weighted by molar-refractivity contribution is 0.0926. The van der Waals surface area contributed by atoms with E-state index in [0.29, 0.717) is 28.3 Å². The highest BCUT2D eigenvalue weighted by Crippen LogP contribution is 2.29. The van der Waals surface area contributed by atoms with Crippen LogP contribution in [0.15, 0.2) is 78.9 Å². The highest BCUT2D eigenvalue weighted by atomic mass is 16.6. The number of imide groups is 1. The number of carbonyl (C=O) groups excluding carboxylic acids is 3. The van der Waals surface area contributed by atoms with E-state index in [0.717, 1.165) is 4.90 Å². The van der Waals surface area contributed by atoms with Gasteiger partial charge in [0.25, 0.3) is 11.8 Å². The number of fused-ring (bicyclic) bond motifs is 1. The highest BCUT2D eigenvalue weighted by molar-refractivity contribution is 6.34. The second-order valence-electron chi connectivity index (χ2n) is 5.87. The first-order valence-electron chi connectivity index (χ1n) is 8.25. The van der Waals surface area contributed by atoms with Gasteiger partial charge in [0.15, 0.2) is 0 Å². The summed E-state index contributed by atoms with van der Waals surface area (Å²) in [5, 5.41) is 2.59. The molecule has 3 aromatic rings. The molecule has 0 atom stereocenters. The maximum absolute atomic E-state index is 12.6. The molecule has 1 aliphatic rings. The van der Waals surface area contributed by atoms with Gasteiger partial charge in [-0.05, 0) is 42.5 Å². The maximum Gasteiger partial charge on any atom is 0.417 e. The summed E-state index contributed by atoms with van der Waals surface area (Å²) in [5.41, 5.74) is 1.51. The maximum atomic E-state index is 12.6. The molecule has 6 nitrogen and oxygen atoms in total. The fourth-order valence-corrected chi connectivity index (χ4v) is 2.89. The van der Waals surface area contributed by atoms with Crippen molar-refractivity contribution in [3.8, 4) is 5.75 Å². The van der Waals surface area contributed by atoms with Gasteiger partial charge in [-0.15, -0.1) is 0 Å². The number of hydrogen-bond acceptors (Lipinski definition) is 4. The summed E-state index contributed by atoms with van der Waals surface area (Å²) in [7, 11) is 0. The summed E-state index contributed by atoms with van der Waals surface area (Å²) < 4.78 is 5.18. The van der Waals surface area contributed by atoms with Gasteiger partial charge < -0.3 is 4.74 Å². The first-order chi connectivity index (χ1) is 13.1. The second kappa shape index (κ2) is 6.76. The molecule has 0 fully saturated rings. The SMILES string of the molecule is O=C(Nc1cccc(N2C(=O)c3ccccc3C2=O)c1)Oc1ccccc1. The van der Waals surface area contributed by atoms with Crippen LogP contribution in [0.3, 0.4) is 0 Å². The number of benzene rings is 3. The monoisotopic (exact) mass is 358 g/mol. The number of para-hydroxylation sites is 1. The van der Waals surface area contributed by atoms with Crippen LogP contribution < -0.4 is 15.0 Å². The normalized spacial score (nSPS) is 12.7. The minimum Gasteiger partial charge on any atom is -0.410 e. The molecule has 0 saturated carbocycles. The molecule has 0 bridgehead atoms. The van der Waals surface area contributed by atoms with E-state index < -0.39 is 6.09 Å². The Morgan fingerprint density at radius 2 is 1.41 bits per heavy atom. The third-order valence-electron chi connectivity index (χ3n) is 4.10. The van der Waals surface area contributed by atoms with Crippen molar-refractivity contribution < 1.29 is 19.1 Å². The lowest BCUT2D eigenvalue weighted by Gasteiger charge is -2.15. The van der Waals surface area contributed by atoms with Crippen molar-refractivity contribution in [3.05, 3.63) is 90.0 Å². The molecule has 3 aromatic carbocycles. The van der Waals surface area contributed by atoms with Crippen LogP contribution in [-0.2, 0) is 0 Å². The summed E-state index contributed by atoms with van der Waals surface area (Å²) in [5.74, 6) is -0.370. The van der Waals surface area contributed by atoms with Crippen LogP contribution in [0.1, 0.15) is 20.7 Å². The summed E-state index contributed by atoms with van der Waals surface area (Å²) in [6.45, 7) is 0. The lowest BCUT2D eigenvalue weighted by atomic mass is 10.1. The molecule has 0 spiro atoms. The number of nitrogens with zero attached hydrogens (tertiary/aromatic N) is 1. The van der Waals surface area contributed by atoms with Crippen LogP contribution >= 0.6 is 0 Å². The summed E-state index contributed by atoms with van der Waals surface area (Å²) in [6.07, 6.45) is -0.666. The Hall–Kier alpha value is -3.93. The van der Waals surface area contributed by atoms with E-state index in [9.17, 15) is 14.4 Å². The van der Waals surface area contributed by atoms with Crippen molar-refractivity contribution in [1.82, 2.24) is 0 Å². The minimum absolute atomic E-state index is 0.365. The Labute approximate surface area is 155 Å². The molecule has 0 unspecified atom stereocenters. The molecule has 0 radical (unpaired) electrons. The van der Waals surface area contributed by atoms with Crippen LogP contribution in [0.2, 0.25) is 0 Å². The van der Waals surface area contributed by atoms with Crippen molar-refractivity contribution in [2.45, 2.75) is 0 Å². The van der Waals surface area contributed by atoms with E-state index in [1.165, 1.54) is 0 Å². The molecule has 1 N–H and O–H groups in total. The first kappa shape index (κ1) is 16.5. The molecule has 1 heterocycles. The summed E-state index contributed by atoms with van der Waals surface area (Å²) in [6, 6.07) is 21.8. The average molecular weight is 358 g/mol. The van der Waals surface area contributed by atoms with E-state index >= 15 is 0 Å². The van der Waals surface area contributed by atoms with E-state index in [1.807, 2.05) is 6.07 Å². The third kappa shape index (κ3) is 3.16. The molecular weight excluding hydrogens is 344 g/mol. The number of carbonyl (C=O) groups is 3. The van der Waals surface area contributed by atoms with Crippen LogP contribution in [0.4, 0.5) is 16.2 Å². The fraction of sp³-hybridized carbons (Fsp3) is 0. The Morgan fingerprint density at radius 3 is 2.07 bits per heavy atom. The number of nitrogens with one attached hydrogen (secondary N) is 1. The van der Waals surface area contributed by atoms with Crippen molar-refractivity contribution in [3.63, 3.8) is 0 Å². The smallest absolute Gasteiger partial charge is 0.410 e. The lowest BCUT2D eigenvalue weighted by Crippen LogP contribution is -2.29. The van der Waals surface area contributed by atoms with E-state index in [1.54, 1.807) is 72.8 Å². The fourth-order valence-electron chi connectivity index (χ4n) is 2.89. The van der Waals surface area contributed by atoms with Gasteiger partial charge in [-0.1, -0.05) is 36.4 Å². The second-order valence-corrected chi connectivity index (χ2v) is 5.87. The Kier molecular flexibility index (Phi) is 4.14. The van der Waals surface area contributed by atoms with Gasteiger partial charge in [-0.2, -0.15) is 0 Å². The van der Waals surface area contributed by atoms with Crippen molar-refractivity contribution in [2.24, 2.45) is 0 Å². The molecule has 27 heavy (non-hydrogen) atoms. The summed E-state index contributed by atoms with van der Waals surface area (Å²) >= 11 is 0. The highest BCUT2D eigenvalue weighted by Gasteiger charge is 2.36. The molecule has 0 aromatic heterocycles. The first-order valence-corrected chi connectivity index (χ1v) is 8.25. The molecular formula is C21H14N2O4. The standard InChI is InChI=1S/C21H14N2O4/c24-19-17-11-4-5-12-18(17)20(25)23(19)15-8-6-7-14(13-15)22-21(26)27-16-9-2-1-3-10-16/h1-13H,(H,22,26). The minimum atomic E-state index is -0.666. The third-order valence-corrected chi connectivity index (χ3v) is 4.10. The number of hydrogen-bond donors (Lipinski definition) is 1. The largest absolute Gasteiger partial charge is 0.417 e. The van der Waals surface area contributed by atoms with Gasteiger partial charge in [-0.25, -0.2) is 9.69 Å². The molecule has 3 amide bonds. The Morgan fingerprint density at radius 1 is 0.778 bits per heavy atom. The zero-order chi connectivity index (χ0) is 18.8. The van der Waals surface area contributed by atoms with Gasteiger partial charge in [0.05, 0.1) is 16.8 Å². The Balaban J connectivity index is 1.54. The van der Waals surface area contributed by atoms with Crippen LogP contribution in [-0.4, -0.2) is 17.9 Å². The van der Waals surface area contributed by atoms with Crippen LogP contribution in [0.25, 0.3) is 0 Å². The predicted octanol–water partition coefficient (Wildman–Crippen LogP) is 4.10. The van der Waals surface area contributed by atoms with Crippen molar-refractivity contribution in [2.75, 3.05) is 10.2 Å². The van der Waals surface area contributed by atoms with Gasteiger partial charge in [0.1, 0.15) is 5.75 Å². The van der Waals surface area contributed by atoms with E-state index in [2.05, 4.69) is 5.32 Å². The zero-order valence-electron chi connectivity index (χ0n) is 14.1. The number of anilines is 2. The Bertz CT molecular complexity index is 1010. The van der Waals surface area contributed by atoms with Gasteiger partial charge in [-0.3, -0.25) is 14.9 Å². The predicted molar refractivity (Wildman–Crippen MR) is 100 cm³/mol. The molecule has 132 valence electrons. The number of amides is 3. The van der Waals surface area contributed by atoms with Gasteiger partial charge in [0.2, 0.25) is 0 Å². The number of ether oxygens (including phenoxy) is 1. The molecule has 0 saturated heterocycles. The van der Waals surface area contributed by atoms with Gasteiger partial charge in [0, 0.05) is 5.69 Å². The van der Waals surface area contributed by atoms with Crippen molar-refractivity contribution >= 4 is 29.3 Å². The van der Waals surface area contributed by atoms with Crippen LogP contribution in [0.5, 0.6) is 5.75 Å². The van der Waals surface area contributed by atoms with E-state index in [4.69, 9.17) is 4.74 Å². The van der Waals surface area contributed by atoms with Crippen LogP contribution in [0, 0.1) is 0 Å². The molecule has 4 rings (SSSR count). The van der Waals surface area contributed by atoms with Crippen molar-refractivity contribution in [1.29, 1.82) is 0 Å². The van der Waals surface area contributed by atoms with Gasteiger partial charge >= 0.3 is 6.09 Å². The molecule has 6 heteroatoms. The number of rotatable bonds is 3. The van der Waals surface area contributed by atoms with E-state index in [-0.39, 0.29) is 11.8 Å². The average Bonchev–Trinajstić information content (AvgIpc) is 2.94. The topological polar surface area (TPSA) is 75.7 Å². The molecule has 0 aliphatic carbocycles. The summed E-state index contributed by atoms with van der Waals surface area (Å²) in [4.78, 5) is 38.3. The zero-order valence-corrected chi connectivity index (χ0v) is 14.1. The molecule has 1 aliphatic heterocycles.